The van der Waals surface area contributed by atoms with Crippen molar-refractivity contribution < 1.29 is 38.1 Å². The zero-order valence-electron chi connectivity index (χ0n) is 18.1. The molecule has 0 aromatic carbocycles. The first-order valence-electron chi connectivity index (χ1n) is 9.56. The van der Waals surface area contributed by atoms with Crippen LogP contribution in [0.4, 0.5) is 4.79 Å². The molecule has 1 aliphatic rings. The van der Waals surface area contributed by atoms with Crippen LogP contribution in [0.2, 0.25) is 0 Å². The van der Waals surface area contributed by atoms with E-state index in [-0.39, 0.29) is 12.5 Å². The summed E-state index contributed by atoms with van der Waals surface area (Å²) in [5, 5.41) is 5.37. The zero-order valence-corrected chi connectivity index (χ0v) is 18.1. The number of nitrogens with one attached hydrogen (secondary N) is 2. The highest BCUT2D eigenvalue weighted by molar-refractivity contribution is 5.74. The van der Waals surface area contributed by atoms with E-state index in [0.717, 1.165) is 0 Å². The fraction of sp³-hybridized carbons (Fsp3) is 0.789. The molecule has 0 aromatic heterocycles. The van der Waals surface area contributed by atoms with E-state index in [1.807, 2.05) is 6.92 Å². The third kappa shape index (κ3) is 8.26. The Bertz CT molecular complexity index is 616. The van der Waals surface area contributed by atoms with Crippen LogP contribution in [0.25, 0.3) is 0 Å². The lowest BCUT2D eigenvalue weighted by Crippen LogP contribution is -2.55. The van der Waals surface area contributed by atoms with Crippen LogP contribution in [0.15, 0.2) is 0 Å². The largest absolute Gasteiger partial charge is 0.464 e. The zero-order chi connectivity index (χ0) is 22.4. The molecule has 2 amide bonds. The van der Waals surface area contributed by atoms with Gasteiger partial charge in [-0.05, 0) is 27.2 Å². The summed E-state index contributed by atoms with van der Waals surface area (Å²) in [7, 11) is 0. The van der Waals surface area contributed by atoms with E-state index in [1.54, 1.807) is 20.8 Å². The topological polar surface area (TPSA) is 129 Å². The summed E-state index contributed by atoms with van der Waals surface area (Å²) in [4.78, 5) is 47.0. The van der Waals surface area contributed by atoms with Crippen LogP contribution in [0.3, 0.4) is 0 Å². The molecule has 1 saturated heterocycles. The first kappa shape index (κ1) is 24.7. The Morgan fingerprint density at radius 1 is 1.07 bits per heavy atom. The summed E-state index contributed by atoms with van der Waals surface area (Å²) in [6.07, 6.45) is -2.44. The Morgan fingerprint density at radius 3 is 2.14 bits per heavy atom. The third-order valence-corrected chi connectivity index (χ3v) is 4.05. The minimum Gasteiger partial charge on any atom is -0.464 e. The van der Waals surface area contributed by atoms with E-state index in [0.29, 0.717) is 6.42 Å². The van der Waals surface area contributed by atoms with Crippen LogP contribution in [-0.4, -0.2) is 66.5 Å². The van der Waals surface area contributed by atoms with Gasteiger partial charge in [0.25, 0.3) is 0 Å². The SMILES string of the molecule is CC[C@@H]1O[C@H]([C@H](COC(C)=O)NC(=O)OC(C)(C)C)C(OC(C)=O)C1NC(C)=O. The molecule has 5 atom stereocenters. The summed E-state index contributed by atoms with van der Waals surface area (Å²) in [5.74, 6) is -1.43. The van der Waals surface area contributed by atoms with E-state index in [1.165, 1.54) is 20.8 Å². The Labute approximate surface area is 171 Å². The quantitative estimate of drug-likeness (QED) is 0.465. The number of esters is 2. The smallest absolute Gasteiger partial charge is 0.408 e. The summed E-state index contributed by atoms with van der Waals surface area (Å²) in [6.45, 7) is 10.6. The van der Waals surface area contributed by atoms with Crippen molar-refractivity contribution in [2.45, 2.75) is 90.9 Å². The minimum absolute atomic E-state index is 0.222. The number of alkyl carbamates (subject to hydrolysis) is 1. The van der Waals surface area contributed by atoms with Crippen LogP contribution in [0.1, 0.15) is 54.9 Å². The minimum atomic E-state index is -0.892. The van der Waals surface area contributed by atoms with Gasteiger partial charge in [0.15, 0.2) is 6.10 Å². The van der Waals surface area contributed by atoms with Crippen molar-refractivity contribution in [3.63, 3.8) is 0 Å². The molecule has 10 nitrogen and oxygen atoms in total. The Balaban J connectivity index is 3.15. The number of amides is 2. The highest BCUT2D eigenvalue weighted by Gasteiger charge is 2.50. The maximum Gasteiger partial charge on any atom is 0.408 e. The molecule has 0 spiro atoms. The van der Waals surface area contributed by atoms with Gasteiger partial charge in [-0.25, -0.2) is 4.79 Å². The summed E-state index contributed by atoms with van der Waals surface area (Å²) >= 11 is 0. The van der Waals surface area contributed by atoms with E-state index in [2.05, 4.69) is 10.6 Å². The maximum absolute atomic E-state index is 12.3. The fourth-order valence-corrected chi connectivity index (χ4v) is 3.08. The number of hydrogen-bond acceptors (Lipinski definition) is 8. The van der Waals surface area contributed by atoms with Crippen LogP contribution in [-0.2, 0) is 33.3 Å². The Morgan fingerprint density at radius 2 is 1.69 bits per heavy atom. The van der Waals surface area contributed by atoms with Crippen molar-refractivity contribution >= 4 is 23.9 Å². The second kappa shape index (κ2) is 10.4. The van der Waals surface area contributed by atoms with Gasteiger partial charge in [0.2, 0.25) is 5.91 Å². The molecule has 0 radical (unpaired) electrons. The molecule has 0 bridgehead atoms. The Kier molecular flexibility index (Phi) is 8.87. The average Bonchev–Trinajstić information content (AvgIpc) is 2.86. The van der Waals surface area contributed by atoms with Crippen LogP contribution < -0.4 is 10.6 Å². The van der Waals surface area contributed by atoms with Crippen LogP contribution in [0, 0.1) is 0 Å². The number of ether oxygens (including phenoxy) is 4. The molecular formula is C19H32N2O8. The van der Waals surface area contributed by atoms with E-state index in [4.69, 9.17) is 18.9 Å². The van der Waals surface area contributed by atoms with E-state index >= 15 is 0 Å². The fourth-order valence-electron chi connectivity index (χ4n) is 3.08. The monoisotopic (exact) mass is 416 g/mol. The lowest BCUT2D eigenvalue weighted by molar-refractivity contribution is -0.153. The maximum atomic E-state index is 12.3. The van der Waals surface area contributed by atoms with Crippen molar-refractivity contribution in [3.8, 4) is 0 Å². The molecule has 1 rings (SSSR count). The number of carbonyl (C=O) groups is 4. The van der Waals surface area contributed by atoms with Gasteiger partial charge >= 0.3 is 18.0 Å². The normalized spacial score (nSPS) is 24.9. The first-order valence-corrected chi connectivity index (χ1v) is 9.56. The van der Waals surface area contributed by atoms with Gasteiger partial charge in [-0.3, -0.25) is 14.4 Å². The molecule has 0 saturated carbocycles. The summed E-state index contributed by atoms with van der Waals surface area (Å²) < 4.78 is 21.8. The Hall–Kier alpha value is -2.36. The lowest BCUT2D eigenvalue weighted by atomic mass is 9.98. The molecule has 1 fully saturated rings. The van der Waals surface area contributed by atoms with Crippen molar-refractivity contribution in [1.82, 2.24) is 10.6 Å². The molecule has 0 aliphatic carbocycles. The van der Waals surface area contributed by atoms with Crippen molar-refractivity contribution in [2.24, 2.45) is 0 Å². The third-order valence-electron chi connectivity index (χ3n) is 4.05. The van der Waals surface area contributed by atoms with Gasteiger partial charge in [-0.1, -0.05) is 6.92 Å². The van der Waals surface area contributed by atoms with Gasteiger partial charge in [0.1, 0.15) is 18.3 Å². The van der Waals surface area contributed by atoms with E-state index < -0.39 is 54.0 Å². The lowest BCUT2D eigenvalue weighted by Gasteiger charge is -2.30. The van der Waals surface area contributed by atoms with Crippen molar-refractivity contribution in [1.29, 1.82) is 0 Å². The highest BCUT2D eigenvalue weighted by Crippen LogP contribution is 2.29. The summed E-state index contributed by atoms with van der Waals surface area (Å²) in [6, 6.07) is -1.49. The highest BCUT2D eigenvalue weighted by atomic mass is 16.6. The van der Waals surface area contributed by atoms with Gasteiger partial charge < -0.3 is 29.6 Å². The second-order valence-electron chi connectivity index (χ2n) is 7.90. The van der Waals surface area contributed by atoms with Gasteiger partial charge in [0, 0.05) is 20.8 Å². The van der Waals surface area contributed by atoms with Gasteiger partial charge in [0.05, 0.1) is 18.2 Å². The van der Waals surface area contributed by atoms with Gasteiger partial charge in [-0.2, -0.15) is 0 Å². The standard InChI is InChI=1S/C19H32N2O8/c1-8-14-15(20-10(2)22)17(27-12(4)24)16(28-14)13(9-26-11(3)23)21-18(25)29-19(5,6)7/h13-17H,8-9H2,1-7H3,(H,20,22)(H,21,25)/t13-,14-,15?,16+,17?/m0/s1. The molecule has 0 aromatic rings. The molecule has 10 heteroatoms. The molecule has 2 unspecified atom stereocenters. The van der Waals surface area contributed by atoms with E-state index in [9.17, 15) is 19.2 Å². The molecule has 166 valence electrons. The molecule has 1 aliphatic heterocycles. The second-order valence-corrected chi connectivity index (χ2v) is 7.90. The van der Waals surface area contributed by atoms with Crippen LogP contribution >= 0.6 is 0 Å². The van der Waals surface area contributed by atoms with Crippen molar-refractivity contribution in [3.05, 3.63) is 0 Å². The number of carbonyl (C=O) groups excluding carboxylic acids is 4. The summed E-state index contributed by atoms with van der Waals surface area (Å²) in [5.41, 5.74) is -0.743. The predicted molar refractivity (Wildman–Crippen MR) is 102 cm³/mol. The molecular weight excluding hydrogens is 384 g/mol. The number of rotatable bonds is 7. The number of hydrogen-bond donors (Lipinski definition) is 2. The molecule has 1 heterocycles. The average molecular weight is 416 g/mol. The predicted octanol–water partition coefficient (Wildman–Crippen LogP) is 1.06. The van der Waals surface area contributed by atoms with Gasteiger partial charge in [-0.15, -0.1) is 0 Å². The first-order chi connectivity index (χ1) is 13.3. The van der Waals surface area contributed by atoms with Crippen molar-refractivity contribution in [2.75, 3.05) is 6.61 Å². The molecule has 29 heavy (non-hydrogen) atoms. The molecule has 2 N–H and O–H groups in total. The van der Waals surface area contributed by atoms with Crippen LogP contribution in [0.5, 0.6) is 0 Å².